The van der Waals surface area contributed by atoms with Gasteiger partial charge in [-0.3, -0.25) is 9.78 Å². The van der Waals surface area contributed by atoms with E-state index in [0.717, 1.165) is 6.07 Å². The van der Waals surface area contributed by atoms with Crippen LogP contribution >= 0.6 is 0 Å². The highest BCUT2D eigenvalue weighted by Crippen LogP contribution is 2.29. The second-order valence-corrected chi connectivity index (χ2v) is 4.06. The molecule has 0 aliphatic rings. The molecular weight excluding hydrogens is 255 g/mol. The van der Waals surface area contributed by atoms with Crippen molar-refractivity contribution in [2.24, 2.45) is 0 Å². The Morgan fingerprint density at radius 1 is 1.00 bits per heavy atom. The van der Waals surface area contributed by atoms with Crippen molar-refractivity contribution in [3.63, 3.8) is 0 Å². The Hall–Kier alpha value is -2.17. The first kappa shape index (κ1) is 13.3. The molecule has 19 heavy (non-hydrogen) atoms. The number of hydrogen-bond donors (Lipinski definition) is 0. The number of hydrogen-bond acceptors (Lipinski definition) is 2. The number of carbonyl (C=O) groups is 1. The SMILES string of the molecule is CC(=O)c1ccc(-c2ccc(C(F)(F)F)nc2)cc1. The van der Waals surface area contributed by atoms with Gasteiger partial charge in [0.25, 0.3) is 0 Å². The molecule has 0 bridgehead atoms. The van der Waals surface area contributed by atoms with Crippen molar-refractivity contribution >= 4 is 5.78 Å². The summed E-state index contributed by atoms with van der Waals surface area (Å²) < 4.78 is 37.1. The Labute approximate surface area is 107 Å². The zero-order valence-electron chi connectivity index (χ0n) is 10.0. The molecule has 0 fully saturated rings. The second kappa shape index (κ2) is 4.84. The van der Waals surface area contributed by atoms with Crippen molar-refractivity contribution in [1.29, 1.82) is 0 Å². The van der Waals surface area contributed by atoms with Crippen LogP contribution in [0, 0.1) is 0 Å². The molecule has 0 saturated heterocycles. The van der Waals surface area contributed by atoms with Crippen molar-refractivity contribution in [3.8, 4) is 11.1 Å². The predicted octanol–water partition coefficient (Wildman–Crippen LogP) is 3.97. The zero-order valence-corrected chi connectivity index (χ0v) is 10.0. The summed E-state index contributed by atoms with van der Waals surface area (Å²) in [4.78, 5) is 14.5. The lowest BCUT2D eigenvalue weighted by atomic mass is 10.0. The van der Waals surface area contributed by atoms with Gasteiger partial charge in [0, 0.05) is 17.3 Å². The number of nitrogens with zero attached hydrogens (tertiary/aromatic N) is 1. The highest BCUT2D eigenvalue weighted by atomic mass is 19.4. The third-order valence-electron chi connectivity index (χ3n) is 2.68. The normalized spacial score (nSPS) is 11.4. The van der Waals surface area contributed by atoms with Crippen molar-refractivity contribution in [2.45, 2.75) is 13.1 Å². The third-order valence-corrected chi connectivity index (χ3v) is 2.68. The first-order valence-corrected chi connectivity index (χ1v) is 5.52. The summed E-state index contributed by atoms with van der Waals surface area (Å²) in [6.07, 6.45) is -3.26. The highest BCUT2D eigenvalue weighted by Gasteiger charge is 2.31. The van der Waals surface area contributed by atoms with Crippen LogP contribution in [-0.2, 0) is 6.18 Å². The van der Waals surface area contributed by atoms with Crippen LogP contribution in [-0.4, -0.2) is 10.8 Å². The van der Waals surface area contributed by atoms with E-state index in [9.17, 15) is 18.0 Å². The molecule has 0 N–H and O–H groups in total. The molecule has 0 aliphatic carbocycles. The number of rotatable bonds is 2. The Morgan fingerprint density at radius 3 is 2.00 bits per heavy atom. The first-order chi connectivity index (χ1) is 8.88. The van der Waals surface area contributed by atoms with Gasteiger partial charge in [-0.1, -0.05) is 30.3 Å². The largest absolute Gasteiger partial charge is 0.433 e. The molecule has 2 nitrogen and oxygen atoms in total. The summed E-state index contributed by atoms with van der Waals surface area (Å²) in [5.41, 5.74) is 0.926. The minimum atomic E-state index is -4.43. The Kier molecular flexibility index (Phi) is 3.38. The second-order valence-electron chi connectivity index (χ2n) is 4.06. The summed E-state index contributed by atoms with van der Waals surface area (Å²) in [6.45, 7) is 1.45. The summed E-state index contributed by atoms with van der Waals surface area (Å²) in [6, 6.07) is 8.93. The topological polar surface area (TPSA) is 30.0 Å². The molecule has 0 unspecified atom stereocenters. The van der Waals surface area contributed by atoms with Gasteiger partial charge in [-0.2, -0.15) is 13.2 Å². The molecule has 0 atom stereocenters. The van der Waals surface area contributed by atoms with Gasteiger partial charge in [-0.15, -0.1) is 0 Å². The van der Waals surface area contributed by atoms with Crippen molar-refractivity contribution in [2.75, 3.05) is 0 Å². The van der Waals surface area contributed by atoms with Gasteiger partial charge in [0.15, 0.2) is 5.78 Å². The van der Waals surface area contributed by atoms with E-state index in [0.29, 0.717) is 16.7 Å². The maximum absolute atomic E-state index is 12.4. The van der Waals surface area contributed by atoms with E-state index in [-0.39, 0.29) is 5.78 Å². The van der Waals surface area contributed by atoms with Gasteiger partial charge >= 0.3 is 6.18 Å². The first-order valence-electron chi connectivity index (χ1n) is 5.52. The van der Waals surface area contributed by atoms with Gasteiger partial charge in [0.05, 0.1) is 0 Å². The Morgan fingerprint density at radius 2 is 1.58 bits per heavy atom. The maximum atomic E-state index is 12.4. The third kappa shape index (κ3) is 2.99. The lowest BCUT2D eigenvalue weighted by Gasteiger charge is -2.07. The van der Waals surface area contributed by atoms with E-state index in [1.54, 1.807) is 24.3 Å². The number of pyridine rings is 1. The standard InChI is InChI=1S/C14H10F3NO/c1-9(19)10-2-4-11(5-3-10)12-6-7-13(18-8-12)14(15,16)17/h2-8H,1H3. The van der Waals surface area contributed by atoms with Crippen molar-refractivity contribution in [1.82, 2.24) is 4.98 Å². The Balaban J connectivity index is 2.30. The quantitative estimate of drug-likeness (QED) is 0.769. The number of alkyl halides is 3. The fraction of sp³-hybridized carbons (Fsp3) is 0.143. The van der Waals surface area contributed by atoms with E-state index in [4.69, 9.17) is 0 Å². The van der Waals surface area contributed by atoms with Gasteiger partial charge in [-0.05, 0) is 18.6 Å². The number of halogens is 3. The fourth-order valence-electron chi connectivity index (χ4n) is 1.63. The molecule has 0 saturated carbocycles. The van der Waals surface area contributed by atoms with Crippen LogP contribution in [0.4, 0.5) is 13.2 Å². The van der Waals surface area contributed by atoms with Gasteiger partial charge in [0.1, 0.15) is 5.69 Å². The van der Waals surface area contributed by atoms with Crippen LogP contribution in [0.25, 0.3) is 11.1 Å². The van der Waals surface area contributed by atoms with Gasteiger partial charge in [0.2, 0.25) is 0 Å². The molecule has 1 heterocycles. The molecule has 0 aliphatic heterocycles. The average Bonchev–Trinajstić information content (AvgIpc) is 2.38. The summed E-state index contributed by atoms with van der Waals surface area (Å²) >= 11 is 0. The highest BCUT2D eigenvalue weighted by molar-refractivity contribution is 5.94. The molecule has 1 aromatic heterocycles. The van der Waals surface area contributed by atoms with Crippen LogP contribution < -0.4 is 0 Å². The Bertz CT molecular complexity index is 586. The number of ketones is 1. The van der Waals surface area contributed by atoms with E-state index >= 15 is 0 Å². The van der Waals surface area contributed by atoms with Gasteiger partial charge < -0.3 is 0 Å². The number of carbonyl (C=O) groups excluding carboxylic acids is 1. The average molecular weight is 265 g/mol. The molecule has 0 amide bonds. The van der Waals surface area contributed by atoms with E-state index in [1.165, 1.54) is 19.2 Å². The molecule has 2 aromatic rings. The predicted molar refractivity (Wildman–Crippen MR) is 64.7 cm³/mol. The molecule has 0 radical (unpaired) electrons. The van der Waals surface area contributed by atoms with Crippen LogP contribution in [0.2, 0.25) is 0 Å². The van der Waals surface area contributed by atoms with Crippen molar-refractivity contribution < 1.29 is 18.0 Å². The number of aromatic nitrogens is 1. The van der Waals surface area contributed by atoms with Crippen molar-refractivity contribution in [3.05, 3.63) is 53.9 Å². The zero-order chi connectivity index (χ0) is 14.0. The minimum absolute atomic E-state index is 0.0582. The molecule has 98 valence electrons. The molecule has 5 heteroatoms. The summed E-state index contributed by atoms with van der Waals surface area (Å²) in [5, 5.41) is 0. The number of Topliss-reactive ketones (excluding diaryl/α,β-unsaturated/α-hetero) is 1. The van der Waals surface area contributed by atoms with Crippen LogP contribution in [0.3, 0.4) is 0 Å². The van der Waals surface area contributed by atoms with E-state index in [1.807, 2.05) is 0 Å². The molecule has 2 rings (SSSR count). The lowest BCUT2D eigenvalue weighted by molar-refractivity contribution is -0.141. The molecular formula is C14H10F3NO. The smallest absolute Gasteiger partial charge is 0.295 e. The maximum Gasteiger partial charge on any atom is 0.433 e. The van der Waals surface area contributed by atoms with Crippen LogP contribution in [0.15, 0.2) is 42.6 Å². The summed E-state index contributed by atoms with van der Waals surface area (Å²) in [5.74, 6) is -0.0582. The molecule has 0 spiro atoms. The minimum Gasteiger partial charge on any atom is -0.295 e. The van der Waals surface area contributed by atoms with Crippen LogP contribution in [0.5, 0.6) is 0 Å². The van der Waals surface area contributed by atoms with Crippen LogP contribution in [0.1, 0.15) is 23.0 Å². The molecule has 1 aromatic carbocycles. The van der Waals surface area contributed by atoms with E-state index < -0.39 is 11.9 Å². The monoisotopic (exact) mass is 265 g/mol. The lowest BCUT2D eigenvalue weighted by Crippen LogP contribution is -2.07. The summed E-state index contributed by atoms with van der Waals surface area (Å²) in [7, 11) is 0. The number of benzene rings is 1. The fourth-order valence-corrected chi connectivity index (χ4v) is 1.63. The van der Waals surface area contributed by atoms with Gasteiger partial charge in [-0.25, -0.2) is 0 Å². The van der Waals surface area contributed by atoms with E-state index in [2.05, 4.69) is 4.98 Å².